The van der Waals surface area contributed by atoms with Crippen molar-refractivity contribution in [2.75, 3.05) is 72.5 Å². The van der Waals surface area contributed by atoms with E-state index in [0.717, 1.165) is 18.4 Å². The van der Waals surface area contributed by atoms with Crippen LogP contribution in [0, 0.1) is 0 Å². The Morgan fingerprint density at radius 2 is 1.39 bits per heavy atom. The Balaban J connectivity index is 1.80. The van der Waals surface area contributed by atoms with Crippen LogP contribution in [0.2, 0.25) is 0 Å². The Bertz CT molecular complexity index is 754. The third-order valence-electron chi connectivity index (χ3n) is 5.11. The Hall–Kier alpha value is -2.61. The molecule has 0 heterocycles. The SMILES string of the molecule is NCCCCC(N)C(=O)NCC(=O)NCCOCCOCCOCCOCCC(=O)OCc1ccccc1. The van der Waals surface area contributed by atoms with Crippen LogP contribution >= 0.6 is 0 Å². The predicted molar refractivity (Wildman–Crippen MR) is 141 cm³/mol. The lowest BCUT2D eigenvalue weighted by Gasteiger charge is -2.12. The number of hydrogen-bond donors (Lipinski definition) is 4. The molecule has 2 amide bonds. The first kappa shape index (κ1) is 33.4. The summed E-state index contributed by atoms with van der Waals surface area (Å²) < 4.78 is 26.7. The van der Waals surface area contributed by atoms with Gasteiger partial charge in [0.1, 0.15) is 6.61 Å². The fourth-order valence-corrected chi connectivity index (χ4v) is 2.99. The third-order valence-corrected chi connectivity index (χ3v) is 5.11. The second-order valence-corrected chi connectivity index (χ2v) is 8.30. The summed E-state index contributed by atoms with van der Waals surface area (Å²) in [6, 6.07) is 8.87. The van der Waals surface area contributed by atoms with Crippen molar-refractivity contribution >= 4 is 17.8 Å². The van der Waals surface area contributed by atoms with Crippen LogP contribution in [-0.2, 0) is 44.7 Å². The molecular formula is C26H44N4O8. The molecule has 12 nitrogen and oxygen atoms in total. The lowest BCUT2D eigenvalue weighted by atomic mass is 10.1. The van der Waals surface area contributed by atoms with Crippen LogP contribution < -0.4 is 22.1 Å². The quantitative estimate of drug-likeness (QED) is 0.102. The van der Waals surface area contributed by atoms with Gasteiger partial charge in [-0.1, -0.05) is 36.8 Å². The fourth-order valence-electron chi connectivity index (χ4n) is 2.99. The van der Waals surface area contributed by atoms with Crippen molar-refractivity contribution in [2.45, 2.75) is 38.3 Å². The molecule has 1 aromatic carbocycles. The number of nitrogens with one attached hydrogen (secondary N) is 2. The van der Waals surface area contributed by atoms with Crippen molar-refractivity contribution < 1.29 is 38.1 Å². The van der Waals surface area contributed by atoms with Crippen molar-refractivity contribution in [3.63, 3.8) is 0 Å². The van der Waals surface area contributed by atoms with Gasteiger partial charge < -0.3 is 45.8 Å². The second-order valence-electron chi connectivity index (χ2n) is 8.30. The first-order chi connectivity index (χ1) is 18.5. The van der Waals surface area contributed by atoms with Gasteiger partial charge in [-0.15, -0.1) is 0 Å². The molecule has 0 bridgehead atoms. The highest BCUT2D eigenvalue weighted by Crippen LogP contribution is 2.02. The number of carbonyl (C=O) groups is 3. The van der Waals surface area contributed by atoms with E-state index in [1.165, 1.54) is 0 Å². The molecule has 6 N–H and O–H groups in total. The molecule has 0 aliphatic rings. The highest BCUT2D eigenvalue weighted by molar-refractivity contribution is 5.87. The smallest absolute Gasteiger partial charge is 0.308 e. The number of unbranched alkanes of at least 4 members (excludes halogenated alkanes) is 1. The van der Waals surface area contributed by atoms with Crippen LogP contribution in [0.15, 0.2) is 30.3 Å². The maximum Gasteiger partial charge on any atom is 0.308 e. The van der Waals surface area contributed by atoms with Crippen LogP contribution in [0.4, 0.5) is 0 Å². The molecule has 0 saturated heterocycles. The maximum absolute atomic E-state index is 11.8. The largest absolute Gasteiger partial charge is 0.461 e. The lowest BCUT2D eigenvalue weighted by molar-refractivity contribution is -0.146. The molecule has 1 rings (SSSR count). The minimum Gasteiger partial charge on any atom is -0.461 e. The van der Waals surface area contributed by atoms with E-state index in [9.17, 15) is 14.4 Å². The summed E-state index contributed by atoms with van der Waals surface area (Å²) in [5.74, 6) is -0.956. The summed E-state index contributed by atoms with van der Waals surface area (Å²) in [4.78, 5) is 35.2. The van der Waals surface area contributed by atoms with Crippen molar-refractivity contribution in [3.8, 4) is 0 Å². The van der Waals surface area contributed by atoms with Crippen molar-refractivity contribution in [2.24, 2.45) is 11.5 Å². The summed E-state index contributed by atoms with van der Waals surface area (Å²) in [7, 11) is 0. The Kier molecular flexibility index (Phi) is 20.7. The highest BCUT2D eigenvalue weighted by atomic mass is 16.6. The average molecular weight is 541 g/mol. The van der Waals surface area contributed by atoms with Crippen molar-refractivity contribution in [3.05, 3.63) is 35.9 Å². The minimum atomic E-state index is -0.635. The molecule has 38 heavy (non-hydrogen) atoms. The number of carbonyl (C=O) groups excluding carboxylic acids is 3. The van der Waals surface area contributed by atoms with Crippen LogP contribution in [0.5, 0.6) is 0 Å². The average Bonchev–Trinajstić information content (AvgIpc) is 2.93. The summed E-state index contributed by atoms with van der Waals surface area (Å²) in [5.41, 5.74) is 12.1. The molecular weight excluding hydrogens is 496 g/mol. The molecule has 0 aliphatic heterocycles. The zero-order valence-corrected chi connectivity index (χ0v) is 22.2. The first-order valence-electron chi connectivity index (χ1n) is 13.0. The van der Waals surface area contributed by atoms with E-state index in [2.05, 4.69) is 10.6 Å². The molecule has 1 aromatic rings. The monoisotopic (exact) mass is 540 g/mol. The van der Waals surface area contributed by atoms with E-state index in [-0.39, 0.29) is 44.0 Å². The highest BCUT2D eigenvalue weighted by Gasteiger charge is 2.13. The van der Waals surface area contributed by atoms with Gasteiger partial charge in [0.2, 0.25) is 11.8 Å². The summed E-state index contributed by atoms with van der Waals surface area (Å²) >= 11 is 0. The molecule has 0 radical (unpaired) electrons. The van der Waals surface area contributed by atoms with Crippen molar-refractivity contribution in [1.82, 2.24) is 10.6 Å². The summed E-state index contributed by atoms with van der Waals surface area (Å²) in [6.07, 6.45) is 2.32. The van der Waals surface area contributed by atoms with E-state index in [1.54, 1.807) is 0 Å². The van der Waals surface area contributed by atoms with Crippen LogP contribution in [0.25, 0.3) is 0 Å². The molecule has 1 atom stereocenters. The fraction of sp³-hybridized carbons (Fsp3) is 0.654. The van der Waals surface area contributed by atoms with Gasteiger partial charge in [0.05, 0.1) is 71.9 Å². The molecule has 0 spiro atoms. The molecule has 0 saturated carbocycles. The first-order valence-corrected chi connectivity index (χ1v) is 13.0. The zero-order valence-electron chi connectivity index (χ0n) is 22.2. The van der Waals surface area contributed by atoms with E-state index in [4.69, 9.17) is 35.2 Å². The standard InChI is InChI=1S/C26H44N4O8/c27-10-5-4-8-23(28)26(33)30-20-24(31)29-11-13-35-15-17-37-19-18-36-16-14-34-12-9-25(32)38-21-22-6-2-1-3-7-22/h1-3,6-7,23H,4-5,8-21,27-28H2,(H,29,31)(H,30,33). The third kappa shape index (κ3) is 19.5. The Morgan fingerprint density at radius 1 is 0.789 bits per heavy atom. The van der Waals surface area contributed by atoms with Gasteiger partial charge in [-0.2, -0.15) is 0 Å². The number of hydrogen-bond acceptors (Lipinski definition) is 10. The molecule has 0 aliphatic carbocycles. The summed E-state index contributed by atoms with van der Waals surface area (Å²) in [6.45, 7) is 4.03. The number of ether oxygens (including phenoxy) is 5. The van der Waals surface area contributed by atoms with E-state index in [0.29, 0.717) is 65.8 Å². The van der Waals surface area contributed by atoms with Crippen LogP contribution in [0.1, 0.15) is 31.2 Å². The number of benzene rings is 1. The predicted octanol–water partition coefficient (Wildman–Crippen LogP) is -0.125. The van der Waals surface area contributed by atoms with E-state index >= 15 is 0 Å². The van der Waals surface area contributed by atoms with Gasteiger partial charge in [0.25, 0.3) is 0 Å². The van der Waals surface area contributed by atoms with Gasteiger partial charge >= 0.3 is 5.97 Å². The van der Waals surface area contributed by atoms with E-state index in [1.807, 2.05) is 30.3 Å². The van der Waals surface area contributed by atoms with Gasteiger partial charge in [-0.25, -0.2) is 0 Å². The number of rotatable bonds is 24. The van der Waals surface area contributed by atoms with E-state index < -0.39 is 6.04 Å². The number of esters is 1. The normalized spacial score (nSPS) is 11.6. The minimum absolute atomic E-state index is 0.126. The lowest BCUT2D eigenvalue weighted by Crippen LogP contribution is -2.45. The van der Waals surface area contributed by atoms with Gasteiger partial charge in [0.15, 0.2) is 0 Å². The van der Waals surface area contributed by atoms with Crippen molar-refractivity contribution in [1.29, 1.82) is 0 Å². The second kappa shape index (κ2) is 23.5. The number of amides is 2. The van der Waals surface area contributed by atoms with Gasteiger partial charge in [-0.3, -0.25) is 14.4 Å². The molecule has 12 heteroatoms. The Labute approximate surface area is 225 Å². The number of nitrogens with two attached hydrogens (primary N) is 2. The maximum atomic E-state index is 11.8. The van der Waals surface area contributed by atoms with Crippen LogP contribution in [0.3, 0.4) is 0 Å². The molecule has 216 valence electrons. The topological polar surface area (TPSA) is 173 Å². The Morgan fingerprint density at radius 3 is 2.03 bits per heavy atom. The summed E-state index contributed by atoms with van der Waals surface area (Å²) in [5, 5.41) is 5.17. The molecule has 0 aromatic heterocycles. The molecule has 0 fully saturated rings. The molecule has 1 unspecified atom stereocenters. The van der Waals surface area contributed by atoms with Gasteiger partial charge in [0, 0.05) is 6.54 Å². The van der Waals surface area contributed by atoms with Gasteiger partial charge in [-0.05, 0) is 24.9 Å². The zero-order chi connectivity index (χ0) is 27.7. The van der Waals surface area contributed by atoms with Crippen LogP contribution in [-0.4, -0.2) is 96.3 Å².